The van der Waals surface area contributed by atoms with Crippen LogP contribution in [0.4, 0.5) is 0 Å². The smallest absolute Gasteiger partial charge is 0.260 e. The van der Waals surface area contributed by atoms with Gasteiger partial charge in [0.15, 0.2) is 0 Å². The predicted octanol–water partition coefficient (Wildman–Crippen LogP) is 2.96. The van der Waals surface area contributed by atoms with Gasteiger partial charge in [-0.15, -0.1) is 0 Å². The van der Waals surface area contributed by atoms with Gasteiger partial charge in [0.25, 0.3) is 5.91 Å². The van der Waals surface area contributed by atoms with Crippen LogP contribution in [-0.4, -0.2) is 26.8 Å². The van der Waals surface area contributed by atoms with Gasteiger partial charge < -0.3 is 9.67 Å². The maximum Gasteiger partial charge on any atom is 0.260 e. The van der Waals surface area contributed by atoms with Crippen LogP contribution in [0, 0.1) is 6.92 Å². The van der Waals surface area contributed by atoms with Gasteiger partial charge in [0, 0.05) is 10.0 Å². The van der Waals surface area contributed by atoms with Crippen molar-refractivity contribution in [1.82, 2.24) is 15.0 Å². The second-order valence-electron chi connectivity index (χ2n) is 5.23. The predicted molar refractivity (Wildman–Crippen MR) is 96.0 cm³/mol. The van der Waals surface area contributed by atoms with Crippen LogP contribution in [0.25, 0.3) is 11.0 Å². The van der Waals surface area contributed by atoms with Crippen LogP contribution in [0.15, 0.2) is 52.0 Å². The molecule has 0 saturated heterocycles. The number of hydrogen-bond donors (Lipinski definition) is 2. The van der Waals surface area contributed by atoms with Crippen molar-refractivity contribution in [3.05, 3.63) is 58.3 Å². The molecule has 122 valence electrons. The number of carbonyl (C=O) groups excluding carboxylic acids is 1. The number of halogens is 1. The molecule has 2 N–H and O–H groups in total. The molecule has 3 rings (SSSR count). The minimum Gasteiger partial charge on any atom is -0.507 e. The molecule has 0 unspecified atom stereocenters. The molecule has 0 aliphatic heterocycles. The number of phenolic OH excluding ortho intramolecular Hbond substituents is 1. The number of nitrogens with one attached hydrogen (secondary N) is 1. The second kappa shape index (κ2) is 6.84. The van der Waals surface area contributed by atoms with Crippen LogP contribution in [0.3, 0.4) is 0 Å². The molecule has 0 aliphatic carbocycles. The summed E-state index contributed by atoms with van der Waals surface area (Å²) in [5, 5.41) is 13.6. The Bertz CT molecular complexity index is 933. The van der Waals surface area contributed by atoms with Gasteiger partial charge in [0.05, 0.1) is 17.2 Å². The second-order valence-corrected chi connectivity index (χ2v) is 6.15. The summed E-state index contributed by atoms with van der Waals surface area (Å²) in [5.74, 6) is 0.583. The molecule has 24 heavy (non-hydrogen) atoms. The summed E-state index contributed by atoms with van der Waals surface area (Å²) >= 11 is 3.32. The summed E-state index contributed by atoms with van der Waals surface area (Å²) in [6.45, 7) is 1.98. The largest absolute Gasteiger partial charge is 0.507 e. The van der Waals surface area contributed by atoms with E-state index in [1.807, 2.05) is 35.8 Å². The van der Waals surface area contributed by atoms with E-state index >= 15 is 0 Å². The number of benzene rings is 2. The molecule has 0 atom stereocenters. The lowest BCUT2D eigenvalue weighted by Crippen LogP contribution is -2.23. The average Bonchev–Trinajstić information content (AvgIpc) is 2.87. The van der Waals surface area contributed by atoms with Crippen LogP contribution < -0.4 is 5.43 Å². The van der Waals surface area contributed by atoms with Gasteiger partial charge in [0.1, 0.15) is 18.1 Å². The van der Waals surface area contributed by atoms with E-state index in [1.165, 1.54) is 6.21 Å². The van der Waals surface area contributed by atoms with Gasteiger partial charge in [-0.2, -0.15) is 5.10 Å². The summed E-state index contributed by atoms with van der Waals surface area (Å²) in [6, 6.07) is 12.6. The number of imidazole rings is 1. The van der Waals surface area contributed by atoms with Crippen molar-refractivity contribution in [2.24, 2.45) is 5.10 Å². The Morgan fingerprint density at radius 3 is 3.00 bits per heavy atom. The minimum atomic E-state index is -0.271. The van der Waals surface area contributed by atoms with Crippen molar-refractivity contribution < 1.29 is 9.90 Å². The van der Waals surface area contributed by atoms with E-state index in [0.717, 1.165) is 21.3 Å². The maximum atomic E-state index is 12.1. The lowest BCUT2D eigenvalue weighted by atomic mass is 10.2. The molecule has 0 aliphatic rings. The number of carbonyl (C=O) groups is 1. The van der Waals surface area contributed by atoms with Gasteiger partial charge >= 0.3 is 0 Å². The van der Waals surface area contributed by atoms with E-state index in [9.17, 15) is 9.90 Å². The molecule has 2 aromatic carbocycles. The summed E-state index contributed by atoms with van der Waals surface area (Å²) in [4.78, 5) is 16.5. The van der Waals surface area contributed by atoms with Crippen LogP contribution in [0.5, 0.6) is 5.75 Å². The zero-order valence-electron chi connectivity index (χ0n) is 12.9. The van der Waals surface area contributed by atoms with Gasteiger partial charge in [-0.05, 0) is 37.3 Å². The third-order valence-electron chi connectivity index (χ3n) is 3.53. The van der Waals surface area contributed by atoms with E-state index in [1.54, 1.807) is 18.2 Å². The molecule has 0 bridgehead atoms. The fourth-order valence-electron chi connectivity index (χ4n) is 2.38. The number of hydrazone groups is 1. The van der Waals surface area contributed by atoms with E-state index in [2.05, 4.69) is 31.4 Å². The number of phenols is 1. The first-order valence-corrected chi connectivity index (χ1v) is 8.06. The molecule has 0 fully saturated rings. The normalized spacial score (nSPS) is 11.2. The number of rotatable bonds is 4. The summed E-state index contributed by atoms with van der Waals surface area (Å²) < 4.78 is 2.64. The minimum absolute atomic E-state index is 0.0904. The number of aromatic hydroxyl groups is 1. The van der Waals surface area contributed by atoms with E-state index in [0.29, 0.717) is 5.56 Å². The van der Waals surface area contributed by atoms with Crippen molar-refractivity contribution in [2.75, 3.05) is 0 Å². The van der Waals surface area contributed by atoms with Crippen LogP contribution in [0.1, 0.15) is 11.4 Å². The van der Waals surface area contributed by atoms with Crippen molar-refractivity contribution in [3.63, 3.8) is 0 Å². The number of amides is 1. The zero-order chi connectivity index (χ0) is 17.1. The zero-order valence-corrected chi connectivity index (χ0v) is 14.5. The highest BCUT2D eigenvalue weighted by Gasteiger charge is 2.10. The molecule has 1 amide bonds. The Kier molecular flexibility index (Phi) is 4.61. The van der Waals surface area contributed by atoms with Gasteiger partial charge in [-0.3, -0.25) is 4.79 Å². The number of aromatic nitrogens is 2. The van der Waals surface area contributed by atoms with Crippen molar-refractivity contribution in [2.45, 2.75) is 13.5 Å². The Morgan fingerprint density at radius 1 is 1.38 bits per heavy atom. The van der Waals surface area contributed by atoms with Gasteiger partial charge in [0.2, 0.25) is 0 Å². The molecule has 1 aromatic heterocycles. The number of hydrogen-bond acceptors (Lipinski definition) is 4. The quantitative estimate of drug-likeness (QED) is 0.534. The van der Waals surface area contributed by atoms with E-state index in [-0.39, 0.29) is 18.2 Å². The van der Waals surface area contributed by atoms with Crippen molar-refractivity contribution in [1.29, 1.82) is 0 Å². The van der Waals surface area contributed by atoms with Gasteiger partial charge in [-0.1, -0.05) is 28.1 Å². The fourth-order valence-corrected chi connectivity index (χ4v) is 2.76. The molecule has 6 nitrogen and oxygen atoms in total. The molecule has 0 saturated carbocycles. The van der Waals surface area contributed by atoms with Crippen LogP contribution >= 0.6 is 15.9 Å². The average molecular weight is 387 g/mol. The van der Waals surface area contributed by atoms with Gasteiger partial charge in [-0.25, -0.2) is 10.4 Å². The third-order valence-corrected chi connectivity index (χ3v) is 4.02. The number of fused-ring (bicyclic) bond motifs is 1. The first-order chi connectivity index (χ1) is 11.5. The maximum absolute atomic E-state index is 12.1. The summed E-state index contributed by atoms with van der Waals surface area (Å²) in [6.07, 6.45) is 1.40. The fraction of sp³-hybridized carbons (Fsp3) is 0.118. The van der Waals surface area contributed by atoms with Crippen molar-refractivity contribution in [3.8, 4) is 5.75 Å². The Morgan fingerprint density at radius 2 is 2.17 bits per heavy atom. The lowest BCUT2D eigenvalue weighted by Gasteiger charge is -2.05. The SMILES string of the molecule is Cc1nc2ccccc2n1CC(=O)N/N=C\c1cc(Br)ccc1O. The first-order valence-electron chi connectivity index (χ1n) is 7.27. The van der Waals surface area contributed by atoms with E-state index in [4.69, 9.17) is 0 Å². The van der Waals surface area contributed by atoms with Crippen LogP contribution in [0.2, 0.25) is 0 Å². The van der Waals surface area contributed by atoms with Crippen molar-refractivity contribution >= 4 is 39.1 Å². The third kappa shape index (κ3) is 3.46. The molecule has 3 aromatic rings. The number of para-hydroxylation sites is 2. The summed E-state index contributed by atoms with van der Waals surface area (Å²) in [5.41, 5.74) is 4.73. The topological polar surface area (TPSA) is 79.5 Å². The molecule has 7 heteroatoms. The van der Waals surface area contributed by atoms with Crippen LogP contribution in [-0.2, 0) is 11.3 Å². The standard InChI is InChI=1S/C17H15BrN4O2/c1-11-20-14-4-2-3-5-15(14)22(11)10-17(24)21-19-9-12-8-13(18)6-7-16(12)23/h2-9,23H,10H2,1H3,(H,21,24)/b19-9-. The molecule has 1 heterocycles. The van der Waals surface area contributed by atoms with E-state index < -0.39 is 0 Å². The number of aryl methyl sites for hydroxylation is 1. The molecule has 0 spiro atoms. The molecule has 0 radical (unpaired) electrons. The highest BCUT2D eigenvalue weighted by atomic mass is 79.9. The monoisotopic (exact) mass is 386 g/mol. The molecular formula is C17H15BrN4O2. The number of nitrogens with zero attached hydrogens (tertiary/aromatic N) is 3. The Labute approximate surface area is 147 Å². The Balaban J connectivity index is 1.70. The Hall–Kier alpha value is -2.67. The molecular weight excluding hydrogens is 372 g/mol. The summed E-state index contributed by atoms with van der Waals surface area (Å²) in [7, 11) is 0. The lowest BCUT2D eigenvalue weighted by molar-refractivity contribution is -0.121. The highest BCUT2D eigenvalue weighted by molar-refractivity contribution is 9.10. The highest BCUT2D eigenvalue weighted by Crippen LogP contribution is 2.20. The first kappa shape index (κ1) is 16.2.